The van der Waals surface area contributed by atoms with Crippen LogP contribution in [0.25, 0.3) is 0 Å². The Bertz CT molecular complexity index is 585. The standard InChI is InChI=1S/C13H8BrF3O2/c14-12-6-5-11(19-12)10(18)7-8-1-3-9(4-2-8)13(15,16)17/h1-6H,7H2. The Kier molecular flexibility index (Phi) is 3.80. The molecule has 0 spiro atoms. The van der Waals surface area contributed by atoms with E-state index in [-0.39, 0.29) is 18.0 Å². The number of halogens is 4. The lowest BCUT2D eigenvalue weighted by atomic mass is 10.1. The molecule has 0 aliphatic heterocycles. The van der Waals surface area contributed by atoms with Gasteiger partial charge in [0.2, 0.25) is 5.78 Å². The van der Waals surface area contributed by atoms with Gasteiger partial charge < -0.3 is 4.42 Å². The van der Waals surface area contributed by atoms with Crippen molar-refractivity contribution < 1.29 is 22.4 Å². The topological polar surface area (TPSA) is 30.2 Å². The summed E-state index contributed by atoms with van der Waals surface area (Å²) in [7, 11) is 0. The third-order valence-electron chi connectivity index (χ3n) is 2.49. The Morgan fingerprint density at radius 2 is 1.74 bits per heavy atom. The molecule has 0 unspecified atom stereocenters. The number of ketones is 1. The highest BCUT2D eigenvalue weighted by Crippen LogP contribution is 2.29. The van der Waals surface area contributed by atoms with Crippen molar-refractivity contribution in [1.82, 2.24) is 0 Å². The zero-order chi connectivity index (χ0) is 14.0. The number of rotatable bonds is 3. The van der Waals surface area contributed by atoms with Crippen LogP contribution in [-0.2, 0) is 12.6 Å². The third kappa shape index (κ3) is 3.47. The van der Waals surface area contributed by atoms with Gasteiger partial charge in [0.1, 0.15) is 0 Å². The van der Waals surface area contributed by atoms with E-state index in [0.29, 0.717) is 10.2 Å². The number of furan rings is 1. The van der Waals surface area contributed by atoms with E-state index in [2.05, 4.69) is 15.9 Å². The summed E-state index contributed by atoms with van der Waals surface area (Å²) < 4.78 is 42.6. The van der Waals surface area contributed by atoms with Crippen LogP contribution in [0.2, 0.25) is 0 Å². The molecule has 0 saturated carbocycles. The molecular weight excluding hydrogens is 325 g/mol. The minimum Gasteiger partial charge on any atom is -0.446 e. The van der Waals surface area contributed by atoms with Gasteiger partial charge in [-0.05, 0) is 45.8 Å². The first-order valence-electron chi connectivity index (χ1n) is 5.31. The van der Waals surface area contributed by atoms with Gasteiger partial charge in [-0.1, -0.05) is 12.1 Å². The summed E-state index contributed by atoms with van der Waals surface area (Å²) in [4.78, 5) is 11.8. The highest BCUT2D eigenvalue weighted by molar-refractivity contribution is 9.10. The summed E-state index contributed by atoms with van der Waals surface area (Å²) in [6.07, 6.45) is -4.37. The van der Waals surface area contributed by atoms with Gasteiger partial charge in [0, 0.05) is 6.42 Å². The van der Waals surface area contributed by atoms with Crippen molar-refractivity contribution >= 4 is 21.7 Å². The molecule has 0 amide bonds. The monoisotopic (exact) mass is 332 g/mol. The van der Waals surface area contributed by atoms with E-state index in [1.54, 1.807) is 6.07 Å². The predicted molar refractivity (Wildman–Crippen MR) is 65.9 cm³/mol. The van der Waals surface area contributed by atoms with Crippen LogP contribution in [0.15, 0.2) is 45.5 Å². The second-order valence-corrected chi connectivity index (χ2v) is 4.68. The summed E-state index contributed by atoms with van der Waals surface area (Å²) in [6.45, 7) is 0. The third-order valence-corrected chi connectivity index (χ3v) is 2.92. The van der Waals surface area contributed by atoms with E-state index in [4.69, 9.17) is 4.42 Å². The first-order chi connectivity index (χ1) is 8.86. The van der Waals surface area contributed by atoms with Crippen molar-refractivity contribution in [3.8, 4) is 0 Å². The van der Waals surface area contributed by atoms with Gasteiger partial charge in [0.05, 0.1) is 5.56 Å². The van der Waals surface area contributed by atoms with Gasteiger partial charge in [0.25, 0.3) is 0 Å². The molecule has 1 aromatic heterocycles. The lowest BCUT2D eigenvalue weighted by molar-refractivity contribution is -0.137. The molecule has 0 atom stereocenters. The first kappa shape index (κ1) is 13.9. The lowest BCUT2D eigenvalue weighted by Gasteiger charge is -2.06. The molecule has 0 fully saturated rings. The van der Waals surface area contributed by atoms with Gasteiger partial charge in [-0.25, -0.2) is 0 Å². The minimum absolute atomic E-state index is 0.00189. The summed E-state index contributed by atoms with van der Waals surface area (Å²) in [5.41, 5.74) is -0.227. The van der Waals surface area contributed by atoms with Crippen LogP contribution in [0, 0.1) is 0 Å². The molecule has 0 radical (unpaired) electrons. The largest absolute Gasteiger partial charge is 0.446 e. The Labute approximate surface area is 115 Å². The van der Waals surface area contributed by atoms with Gasteiger partial charge in [-0.2, -0.15) is 13.2 Å². The van der Waals surface area contributed by atoms with E-state index in [1.807, 2.05) is 0 Å². The van der Waals surface area contributed by atoms with Crippen LogP contribution in [0.3, 0.4) is 0 Å². The van der Waals surface area contributed by atoms with Gasteiger partial charge in [0.15, 0.2) is 10.4 Å². The molecule has 0 bridgehead atoms. The van der Waals surface area contributed by atoms with Crippen molar-refractivity contribution in [1.29, 1.82) is 0 Å². The van der Waals surface area contributed by atoms with Crippen LogP contribution in [0.4, 0.5) is 13.2 Å². The predicted octanol–water partition coefficient (Wildman–Crippen LogP) is 4.49. The average molecular weight is 333 g/mol. The maximum Gasteiger partial charge on any atom is 0.416 e. The Balaban J connectivity index is 2.10. The van der Waals surface area contributed by atoms with Crippen LogP contribution >= 0.6 is 15.9 Å². The number of benzene rings is 1. The first-order valence-corrected chi connectivity index (χ1v) is 6.10. The van der Waals surface area contributed by atoms with Gasteiger partial charge >= 0.3 is 6.18 Å². The van der Waals surface area contributed by atoms with Crippen molar-refractivity contribution in [2.75, 3.05) is 0 Å². The molecule has 0 aliphatic carbocycles. The Morgan fingerprint density at radius 3 is 2.21 bits per heavy atom. The van der Waals surface area contributed by atoms with E-state index < -0.39 is 11.7 Å². The lowest BCUT2D eigenvalue weighted by Crippen LogP contribution is -2.06. The minimum atomic E-state index is -4.37. The molecule has 1 heterocycles. The number of Topliss-reactive ketones (excluding diaryl/α,β-unsaturated/α-hetero) is 1. The molecule has 19 heavy (non-hydrogen) atoms. The Morgan fingerprint density at radius 1 is 1.11 bits per heavy atom. The fourth-order valence-electron chi connectivity index (χ4n) is 1.55. The second kappa shape index (κ2) is 5.21. The maximum absolute atomic E-state index is 12.4. The zero-order valence-electron chi connectivity index (χ0n) is 9.50. The van der Waals surface area contributed by atoms with E-state index >= 15 is 0 Å². The van der Waals surface area contributed by atoms with Gasteiger partial charge in [-0.15, -0.1) is 0 Å². The molecule has 6 heteroatoms. The average Bonchev–Trinajstić information content (AvgIpc) is 2.75. The smallest absolute Gasteiger partial charge is 0.416 e. The number of carbonyl (C=O) groups is 1. The van der Waals surface area contributed by atoms with Crippen LogP contribution < -0.4 is 0 Å². The summed E-state index contributed by atoms with van der Waals surface area (Å²) in [6, 6.07) is 7.59. The zero-order valence-corrected chi connectivity index (χ0v) is 11.1. The van der Waals surface area contributed by atoms with E-state index in [1.165, 1.54) is 18.2 Å². The number of hydrogen-bond acceptors (Lipinski definition) is 2. The van der Waals surface area contributed by atoms with Crippen molar-refractivity contribution in [2.24, 2.45) is 0 Å². The highest BCUT2D eigenvalue weighted by Gasteiger charge is 2.30. The van der Waals surface area contributed by atoms with Crippen LogP contribution in [-0.4, -0.2) is 5.78 Å². The maximum atomic E-state index is 12.4. The number of carbonyl (C=O) groups excluding carboxylic acids is 1. The molecule has 2 nitrogen and oxygen atoms in total. The molecule has 2 rings (SSSR count). The summed E-state index contributed by atoms with van der Waals surface area (Å²) >= 11 is 3.07. The Hall–Kier alpha value is -1.56. The summed E-state index contributed by atoms with van der Waals surface area (Å²) in [5, 5.41) is 0. The fourth-order valence-corrected chi connectivity index (χ4v) is 1.85. The second-order valence-electron chi connectivity index (χ2n) is 3.90. The fraction of sp³-hybridized carbons (Fsp3) is 0.154. The van der Waals surface area contributed by atoms with Crippen molar-refractivity contribution in [3.63, 3.8) is 0 Å². The molecule has 0 aliphatic rings. The SMILES string of the molecule is O=C(Cc1ccc(C(F)(F)F)cc1)c1ccc(Br)o1. The van der Waals surface area contributed by atoms with Crippen molar-refractivity contribution in [3.05, 3.63) is 58.0 Å². The summed E-state index contributed by atoms with van der Waals surface area (Å²) in [5.74, 6) is -0.114. The molecule has 2 aromatic rings. The van der Waals surface area contributed by atoms with Crippen LogP contribution in [0.1, 0.15) is 21.7 Å². The molecular formula is C13H8BrF3O2. The normalized spacial score (nSPS) is 11.6. The highest BCUT2D eigenvalue weighted by atomic mass is 79.9. The molecule has 0 saturated heterocycles. The molecule has 100 valence electrons. The van der Waals surface area contributed by atoms with E-state index in [9.17, 15) is 18.0 Å². The van der Waals surface area contributed by atoms with Crippen molar-refractivity contribution in [2.45, 2.75) is 12.6 Å². The quantitative estimate of drug-likeness (QED) is 0.775. The number of alkyl halides is 3. The number of hydrogen-bond donors (Lipinski definition) is 0. The van der Waals surface area contributed by atoms with E-state index in [0.717, 1.165) is 12.1 Å². The molecule has 0 N–H and O–H groups in total. The van der Waals surface area contributed by atoms with Gasteiger partial charge in [-0.3, -0.25) is 4.79 Å². The molecule has 1 aromatic carbocycles. The van der Waals surface area contributed by atoms with Crippen LogP contribution in [0.5, 0.6) is 0 Å².